The van der Waals surface area contributed by atoms with Crippen molar-refractivity contribution in [2.24, 2.45) is 5.92 Å². The fourth-order valence-electron chi connectivity index (χ4n) is 1.98. The average molecular weight is 295 g/mol. The molecule has 1 aliphatic rings. The van der Waals surface area contributed by atoms with Crippen LogP contribution in [0.15, 0.2) is 0 Å². The molecule has 0 radical (unpaired) electrons. The Balaban J connectivity index is 2.41. The van der Waals surface area contributed by atoms with Gasteiger partial charge in [-0.25, -0.2) is 0 Å². The van der Waals surface area contributed by atoms with Crippen LogP contribution in [-0.2, 0) is 10.0 Å². The third-order valence-corrected chi connectivity index (χ3v) is 5.87. The van der Waals surface area contributed by atoms with Crippen LogP contribution in [0.5, 0.6) is 0 Å². The Bertz CT molecular complexity index is 282. The van der Waals surface area contributed by atoms with Gasteiger partial charge in [-0.05, 0) is 0 Å². The van der Waals surface area contributed by atoms with Gasteiger partial charge in [-0.1, -0.05) is 0 Å². The van der Waals surface area contributed by atoms with Crippen LogP contribution < -0.4 is 4.72 Å². The molecule has 90 valence electrons. The predicted molar refractivity (Wildman–Crippen MR) is 66.3 cm³/mol. The summed E-state index contributed by atoms with van der Waals surface area (Å²) in [4.78, 5) is 0. The van der Waals surface area contributed by atoms with Gasteiger partial charge in [0.15, 0.2) is 0 Å². The van der Waals surface area contributed by atoms with Gasteiger partial charge in [0.05, 0.1) is 0 Å². The van der Waals surface area contributed by atoms with E-state index in [1.807, 2.05) is 13.8 Å². The van der Waals surface area contributed by atoms with Crippen molar-refractivity contribution in [3.8, 4) is 0 Å². The van der Waals surface area contributed by atoms with Crippen molar-refractivity contribution in [1.29, 1.82) is 0 Å². The Morgan fingerprint density at radius 1 is 1.27 bits per heavy atom. The van der Waals surface area contributed by atoms with Gasteiger partial charge in [0, 0.05) is 0 Å². The molecule has 0 aromatic carbocycles. The molecule has 1 fully saturated rings. The Hall–Kier alpha value is 0.468. The normalized spacial score (nSPS) is 28.3. The van der Waals surface area contributed by atoms with E-state index in [9.17, 15) is 8.42 Å². The molecule has 1 N–H and O–H groups in total. The summed E-state index contributed by atoms with van der Waals surface area (Å²) in [6, 6.07) is 0.195. The van der Waals surface area contributed by atoms with Crippen molar-refractivity contribution in [3.05, 3.63) is 0 Å². The van der Waals surface area contributed by atoms with E-state index in [1.54, 1.807) is 16.9 Å². The summed E-state index contributed by atoms with van der Waals surface area (Å²) in [6.07, 6.45) is 4.38. The summed E-state index contributed by atoms with van der Waals surface area (Å²) in [5.74, 6) is 0.455. The van der Waals surface area contributed by atoms with Crippen LogP contribution in [0.25, 0.3) is 0 Å². The van der Waals surface area contributed by atoms with E-state index in [4.69, 9.17) is 0 Å². The summed E-state index contributed by atoms with van der Waals surface area (Å²) in [5, 5.41) is 0. The van der Waals surface area contributed by atoms with E-state index in [1.165, 1.54) is 12.8 Å². The van der Waals surface area contributed by atoms with E-state index >= 15 is 0 Å². The van der Waals surface area contributed by atoms with Gasteiger partial charge in [0.2, 0.25) is 0 Å². The van der Waals surface area contributed by atoms with Crippen LogP contribution in [0.2, 0.25) is 4.71 Å². The van der Waals surface area contributed by atoms with Gasteiger partial charge in [0.1, 0.15) is 0 Å². The maximum absolute atomic E-state index is 11.7. The maximum atomic E-state index is 11.7. The number of rotatable bonds is 4. The molecule has 0 bridgehead atoms. The molecule has 15 heavy (non-hydrogen) atoms. The number of sulfonamides is 1. The first kappa shape index (κ1) is 13.5. The van der Waals surface area contributed by atoms with Crippen LogP contribution in [0.4, 0.5) is 0 Å². The topological polar surface area (TPSA) is 46.2 Å². The quantitative estimate of drug-likeness (QED) is 0.784. The Morgan fingerprint density at radius 3 is 2.27 bits per heavy atom. The average Bonchev–Trinajstić information content (AvgIpc) is 2.06. The molecule has 1 atom stereocenters. The first-order valence-corrected chi connectivity index (χ1v) is 8.70. The van der Waals surface area contributed by atoms with E-state index in [-0.39, 0.29) is 17.7 Å². The third-order valence-electron chi connectivity index (χ3n) is 2.67. The molecule has 0 aromatic rings. The van der Waals surface area contributed by atoms with Gasteiger partial charge in [-0.15, -0.1) is 0 Å². The van der Waals surface area contributed by atoms with Crippen LogP contribution in [-0.4, -0.2) is 37.1 Å². The summed E-state index contributed by atoms with van der Waals surface area (Å²) in [5.41, 5.74) is 0. The molecule has 0 spiro atoms. The van der Waals surface area contributed by atoms with Gasteiger partial charge in [-0.3, -0.25) is 0 Å². The minimum absolute atomic E-state index is 0.195. The zero-order valence-electron chi connectivity index (χ0n) is 9.57. The first-order valence-electron chi connectivity index (χ1n) is 5.64. The molecule has 0 aromatic heterocycles. The molecular weight excluding hydrogens is 273 g/mol. The standard InChI is InChI=1S/C10H22AsNO2S/c1-8(2)7-15(13,14)12-10-5-3-9(11)4-6-10/h8-10,12H,3-7,11H2,1-2H3/t9-,10-. The van der Waals surface area contributed by atoms with Crippen LogP contribution in [0.3, 0.4) is 0 Å². The molecule has 0 heterocycles. The second-order valence-electron chi connectivity index (χ2n) is 4.90. The van der Waals surface area contributed by atoms with Crippen molar-refractivity contribution in [1.82, 2.24) is 4.72 Å². The molecule has 3 nitrogen and oxygen atoms in total. The van der Waals surface area contributed by atoms with E-state index in [2.05, 4.69) is 4.72 Å². The van der Waals surface area contributed by atoms with E-state index < -0.39 is 10.0 Å². The van der Waals surface area contributed by atoms with Crippen LogP contribution in [0, 0.1) is 5.92 Å². The summed E-state index contributed by atoms with van der Waals surface area (Å²) >= 11 is 1.79. The summed E-state index contributed by atoms with van der Waals surface area (Å²) in [7, 11) is -3.04. The summed E-state index contributed by atoms with van der Waals surface area (Å²) in [6.45, 7) is 3.87. The SMILES string of the molecule is CC(C)CS(=O)(=O)N[C@H]1CC[C@H]([AsH2])CC1. The molecule has 0 saturated heterocycles. The molecule has 1 saturated carbocycles. The fourth-order valence-corrected chi connectivity index (χ4v) is 4.50. The first-order chi connectivity index (χ1) is 6.89. The Kier molecular flexibility index (Phi) is 5.14. The third kappa shape index (κ3) is 5.37. The van der Waals surface area contributed by atoms with Gasteiger partial charge >= 0.3 is 102 Å². The number of hydrogen-bond acceptors (Lipinski definition) is 2. The van der Waals surface area contributed by atoms with Crippen LogP contribution in [0.1, 0.15) is 39.5 Å². The Labute approximate surface area is 102 Å². The second kappa shape index (κ2) is 5.69. The van der Waals surface area contributed by atoms with Crippen molar-refractivity contribution in [3.63, 3.8) is 0 Å². The van der Waals surface area contributed by atoms with E-state index in [0.29, 0.717) is 0 Å². The van der Waals surface area contributed by atoms with Gasteiger partial charge in [0.25, 0.3) is 0 Å². The zero-order valence-corrected chi connectivity index (χ0v) is 12.8. The second-order valence-corrected chi connectivity index (χ2v) is 8.68. The molecule has 0 amide bonds. The fraction of sp³-hybridized carbons (Fsp3) is 1.00. The molecule has 0 aliphatic heterocycles. The monoisotopic (exact) mass is 295 g/mol. The van der Waals surface area contributed by atoms with Gasteiger partial charge < -0.3 is 0 Å². The Morgan fingerprint density at radius 2 is 1.80 bits per heavy atom. The molecule has 1 rings (SSSR count). The van der Waals surface area contributed by atoms with Crippen LogP contribution >= 0.6 is 0 Å². The molecular formula is C10H22AsNO2S. The predicted octanol–water partition coefficient (Wildman–Crippen LogP) is 0.926. The zero-order chi connectivity index (χ0) is 11.5. The molecule has 1 aliphatic carbocycles. The number of nitrogens with one attached hydrogen (secondary N) is 1. The van der Waals surface area contributed by atoms with Crippen molar-refractivity contribution < 1.29 is 8.42 Å². The molecule has 5 heteroatoms. The van der Waals surface area contributed by atoms with Crippen molar-refractivity contribution >= 4 is 26.9 Å². The minimum atomic E-state index is -3.04. The van der Waals surface area contributed by atoms with Crippen molar-refractivity contribution in [2.75, 3.05) is 5.75 Å². The van der Waals surface area contributed by atoms with Gasteiger partial charge in [-0.2, -0.15) is 0 Å². The van der Waals surface area contributed by atoms with Crippen molar-refractivity contribution in [2.45, 2.75) is 50.3 Å². The molecule has 1 unspecified atom stereocenters. The number of hydrogen-bond donors (Lipinski definition) is 1. The summed E-state index contributed by atoms with van der Waals surface area (Å²) < 4.78 is 27.0. The van der Waals surface area contributed by atoms with E-state index in [0.717, 1.165) is 17.5 Å².